The summed E-state index contributed by atoms with van der Waals surface area (Å²) in [6.07, 6.45) is 2.32. The Bertz CT molecular complexity index is 413. The van der Waals surface area contributed by atoms with Crippen molar-refractivity contribution in [2.24, 2.45) is 0 Å². The fraction of sp³-hybridized carbons (Fsp3) is 0.583. The van der Waals surface area contributed by atoms with E-state index in [4.69, 9.17) is 4.74 Å². The SMILES string of the molecule is Cc1cnc(NCC2(O)CCOC2C)c(Br)c1. The van der Waals surface area contributed by atoms with Gasteiger partial charge < -0.3 is 15.2 Å². The average molecular weight is 301 g/mol. The maximum atomic E-state index is 10.3. The molecule has 2 N–H and O–H groups in total. The fourth-order valence-electron chi connectivity index (χ4n) is 1.90. The van der Waals surface area contributed by atoms with E-state index in [0.717, 1.165) is 15.9 Å². The zero-order chi connectivity index (χ0) is 12.5. The molecule has 5 heteroatoms. The number of hydrogen-bond acceptors (Lipinski definition) is 4. The lowest BCUT2D eigenvalue weighted by Gasteiger charge is -2.26. The molecule has 2 heterocycles. The van der Waals surface area contributed by atoms with Crippen LogP contribution >= 0.6 is 15.9 Å². The van der Waals surface area contributed by atoms with Gasteiger partial charge in [-0.2, -0.15) is 0 Å². The van der Waals surface area contributed by atoms with Crippen molar-refractivity contribution in [3.63, 3.8) is 0 Å². The molecule has 1 fully saturated rings. The second-order valence-corrected chi connectivity index (χ2v) is 5.42. The van der Waals surface area contributed by atoms with E-state index in [1.807, 2.05) is 19.9 Å². The lowest BCUT2D eigenvalue weighted by Crippen LogP contribution is -2.43. The molecular formula is C12H17BrN2O2. The van der Waals surface area contributed by atoms with Crippen LogP contribution in [0.1, 0.15) is 18.9 Å². The minimum Gasteiger partial charge on any atom is -0.385 e. The molecule has 1 saturated heterocycles. The number of aryl methyl sites for hydroxylation is 1. The first-order chi connectivity index (χ1) is 8.01. The standard InChI is InChI=1S/C12H17BrN2O2/c1-8-5-10(13)11(14-6-8)15-7-12(16)3-4-17-9(12)2/h5-6,9,16H,3-4,7H2,1-2H3,(H,14,15). The first kappa shape index (κ1) is 12.8. The highest BCUT2D eigenvalue weighted by Gasteiger charge is 2.39. The Morgan fingerprint density at radius 2 is 2.47 bits per heavy atom. The van der Waals surface area contributed by atoms with Crippen LogP contribution in [0, 0.1) is 6.92 Å². The van der Waals surface area contributed by atoms with Gasteiger partial charge in [-0.05, 0) is 41.4 Å². The Morgan fingerprint density at radius 3 is 3.06 bits per heavy atom. The molecule has 1 aromatic rings. The second kappa shape index (κ2) is 4.92. The summed E-state index contributed by atoms with van der Waals surface area (Å²) in [7, 11) is 0. The second-order valence-electron chi connectivity index (χ2n) is 4.56. The third-order valence-electron chi connectivity index (χ3n) is 3.20. The monoisotopic (exact) mass is 300 g/mol. The number of nitrogens with one attached hydrogen (secondary N) is 1. The highest BCUT2D eigenvalue weighted by molar-refractivity contribution is 9.10. The number of anilines is 1. The average Bonchev–Trinajstić information content (AvgIpc) is 2.59. The van der Waals surface area contributed by atoms with Gasteiger partial charge in [-0.1, -0.05) is 0 Å². The van der Waals surface area contributed by atoms with Crippen LogP contribution in [0.15, 0.2) is 16.7 Å². The van der Waals surface area contributed by atoms with Crippen molar-refractivity contribution < 1.29 is 9.84 Å². The number of ether oxygens (including phenoxy) is 1. The van der Waals surface area contributed by atoms with Crippen molar-refractivity contribution in [2.45, 2.75) is 32.0 Å². The molecule has 2 unspecified atom stereocenters. The number of pyridine rings is 1. The molecule has 94 valence electrons. The van der Waals surface area contributed by atoms with Crippen molar-refractivity contribution in [3.05, 3.63) is 22.3 Å². The van der Waals surface area contributed by atoms with Gasteiger partial charge in [0.15, 0.2) is 0 Å². The summed E-state index contributed by atoms with van der Waals surface area (Å²) in [6, 6.07) is 1.99. The summed E-state index contributed by atoms with van der Waals surface area (Å²) in [5.74, 6) is 0.753. The smallest absolute Gasteiger partial charge is 0.140 e. The Kier molecular flexibility index (Phi) is 3.70. The summed E-state index contributed by atoms with van der Waals surface area (Å²) in [5, 5.41) is 13.5. The molecule has 2 rings (SSSR count). The maximum absolute atomic E-state index is 10.3. The van der Waals surface area contributed by atoms with Crippen LogP contribution in [0.5, 0.6) is 0 Å². The van der Waals surface area contributed by atoms with Crippen LogP contribution in [-0.2, 0) is 4.74 Å². The van der Waals surface area contributed by atoms with Crippen LogP contribution in [0.2, 0.25) is 0 Å². The lowest BCUT2D eigenvalue weighted by atomic mass is 9.97. The molecule has 1 aliphatic rings. The predicted molar refractivity (Wildman–Crippen MR) is 70.1 cm³/mol. The minimum atomic E-state index is -0.800. The van der Waals surface area contributed by atoms with Crippen molar-refractivity contribution in [3.8, 4) is 0 Å². The molecule has 0 aliphatic carbocycles. The fourth-order valence-corrected chi connectivity index (χ4v) is 2.51. The summed E-state index contributed by atoms with van der Waals surface area (Å²) in [6.45, 7) is 4.94. The van der Waals surface area contributed by atoms with E-state index in [0.29, 0.717) is 19.6 Å². The molecule has 1 aliphatic heterocycles. The van der Waals surface area contributed by atoms with Gasteiger partial charge in [0.2, 0.25) is 0 Å². The molecular weight excluding hydrogens is 284 g/mol. The molecule has 0 saturated carbocycles. The zero-order valence-corrected chi connectivity index (χ0v) is 11.6. The van der Waals surface area contributed by atoms with Gasteiger partial charge in [-0.15, -0.1) is 0 Å². The summed E-state index contributed by atoms with van der Waals surface area (Å²) in [5.41, 5.74) is 0.296. The zero-order valence-electron chi connectivity index (χ0n) is 10.0. The van der Waals surface area contributed by atoms with E-state index in [-0.39, 0.29) is 6.10 Å². The summed E-state index contributed by atoms with van der Waals surface area (Å²) < 4.78 is 6.29. The first-order valence-electron chi connectivity index (χ1n) is 5.71. The number of nitrogens with zero attached hydrogens (tertiary/aromatic N) is 1. The largest absolute Gasteiger partial charge is 0.385 e. The number of hydrogen-bond donors (Lipinski definition) is 2. The predicted octanol–water partition coefficient (Wildman–Crippen LogP) is 2.10. The molecule has 4 nitrogen and oxygen atoms in total. The van der Waals surface area contributed by atoms with Crippen LogP contribution in [0.25, 0.3) is 0 Å². The first-order valence-corrected chi connectivity index (χ1v) is 6.50. The van der Waals surface area contributed by atoms with Gasteiger partial charge in [-0.25, -0.2) is 4.98 Å². The van der Waals surface area contributed by atoms with Gasteiger partial charge >= 0.3 is 0 Å². The Balaban J connectivity index is 2.02. The van der Waals surface area contributed by atoms with Gasteiger partial charge in [-0.3, -0.25) is 0 Å². The summed E-state index contributed by atoms with van der Waals surface area (Å²) >= 11 is 3.45. The highest BCUT2D eigenvalue weighted by atomic mass is 79.9. The van der Waals surface area contributed by atoms with E-state index in [2.05, 4.69) is 26.2 Å². The molecule has 0 spiro atoms. The Hall–Kier alpha value is -0.650. The summed E-state index contributed by atoms with van der Waals surface area (Å²) in [4.78, 5) is 4.29. The highest BCUT2D eigenvalue weighted by Crippen LogP contribution is 2.27. The van der Waals surface area contributed by atoms with Crippen molar-refractivity contribution >= 4 is 21.7 Å². The van der Waals surface area contributed by atoms with Crippen LogP contribution in [0.4, 0.5) is 5.82 Å². The van der Waals surface area contributed by atoms with Crippen LogP contribution in [-0.4, -0.2) is 34.9 Å². The molecule has 2 atom stereocenters. The molecule has 0 bridgehead atoms. The van der Waals surface area contributed by atoms with Gasteiger partial charge in [0.1, 0.15) is 11.4 Å². The number of aliphatic hydroxyl groups is 1. The third kappa shape index (κ3) is 2.78. The maximum Gasteiger partial charge on any atom is 0.140 e. The lowest BCUT2D eigenvalue weighted by molar-refractivity contribution is -0.0176. The third-order valence-corrected chi connectivity index (χ3v) is 3.80. The van der Waals surface area contributed by atoms with E-state index in [9.17, 15) is 5.11 Å². The Labute approximate surface area is 110 Å². The van der Waals surface area contributed by atoms with Crippen LogP contribution in [0.3, 0.4) is 0 Å². The number of rotatable bonds is 3. The van der Waals surface area contributed by atoms with E-state index in [1.165, 1.54) is 0 Å². The molecule has 1 aromatic heterocycles. The number of halogens is 1. The van der Waals surface area contributed by atoms with Crippen LogP contribution < -0.4 is 5.32 Å². The minimum absolute atomic E-state index is 0.140. The van der Waals surface area contributed by atoms with Crippen molar-refractivity contribution in [2.75, 3.05) is 18.5 Å². The van der Waals surface area contributed by atoms with Gasteiger partial charge in [0.25, 0.3) is 0 Å². The van der Waals surface area contributed by atoms with Gasteiger partial charge in [0, 0.05) is 25.8 Å². The van der Waals surface area contributed by atoms with Crippen molar-refractivity contribution in [1.29, 1.82) is 0 Å². The molecule has 0 radical (unpaired) electrons. The molecule has 17 heavy (non-hydrogen) atoms. The van der Waals surface area contributed by atoms with Gasteiger partial charge in [0.05, 0.1) is 10.6 Å². The topological polar surface area (TPSA) is 54.4 Å². The normalized spacial score (nSPS) is 28.4. The van der Waals surface area contributed by atoms with E-state index in [1.54, 1.807) is 6.20 Å². The Morgan fingerprint density at radius 1 is 1.71 bits per heavy atom. The van der Waals surface area contributed by atoms with E-state index >= 15 is 0 Å². The molecule has 0 amide bonds. The number of aromatic nitrogens is 1. The quantitative estimate of drug-likeness (QED) is 0.898. The molecule has 0 aromatic carbocycles. The van der Waals surface area contributed by atoms with E-state index < -0.39 is 5.60 Å². The van der Waals surface area contributed by atoms with Crippen molar-refractivity contribution in [1.82, 2.24) is 4.98 Å².